The number of hydrogen-bond acceptors (Lipinski definition) is 4. The maximum absolute atomic E-state index is 10.7. The summed E-state index contributed by atoms with van der Waals surface area (Å²) >= 11 is 5.64. The number of hydrogen-bond donors (Lipinski definition) is 0. The third kappa shape index (κ3) is 3.44. The number of nitrogens with zero attached hydrogens (tertiary/aromatic N) is 5. The molecule has 88 valence electrons. The zero-order valence-corrected chi connectivity index (χ0v) is 9.63. The van der Waals surface area contributed by atoms with Gasteiger partial charge < -0.3 is 0 Å². The maximum atomic E-state index is 10.7. The van der Waals surface area contributed by atoms with E-state index >= 15 is 0 Å². The van der Waals surface area contributed by atoms with E-state index in [1.807, 2.05) is 0 Å². The van der Waals surface area contributed by atoms with Crippen LogP contribution in [0.5, 0.6) is 0 Å². The van der Waals surface area contributed by atoms with E-state index in [-0.39, 0.29) is 17.4 Å². The summed E-state index contributed by atoms with van der Waals surface area (Å²) in [7, 11) is 0. The molecule has 0 spiro atoms. The molecule has 0 atom stereocenters. The minimum Gasteiger partial charge on any atom is -0.258 e. The van der Waals surface area contributed by atoms with Gasteiger partial charge in [0, 0.05) is 28.8 Å². The Morgan fingerprint density at radius 2 is 2.47 bits per heavy atom. The number of aromatic nitrogens is 1. The van der Waals surface area contributed by atoms with Crippen LogP contribution in [0.25, 0.3) is 16.5 Å². The molecule has 0 aromatic carbocycles. The van der Waals surface area contributed by atoms with Crippen molar-refractivity contribution < 1.29 is 4.92 Å². The fourth-order valence-electron chi connectivity index (χ4n) is 1.14. The summed E-state index contributed by atoms with van der Waals surface area (Å²) in [6, 6.07) is 1.33. The van der Waals surface area contributed by atoms with Gasteiger partial charge in [0.15, 0.2) is 0 Å². The molecule has 17 heavy (non-hydrogen) atoms. The van der Waals surface area contributed by atoms with Crippen molar-refractivity contribution in [3.05, 3.63) is 49.1 Å². The van der Waals surface area contributed by atoms with Gasteiger partial charge in [0.2, 0.25) is 5.15 Å². The van der Waals surface area contributed by atoms with Gasteiger partial charge in [-0.1, -0.05) is 28.9 Å². The Hall–Kier alpha value is -2.11. The summed E-state index contributed by atoms with van der Waals surface area (Å²) in [6.45, 7) is 1.86. The van der Waals surface area contributed by atoms with Crippen molar-refractivity contribution in [2.24, 2.45) is 5.11 Å². The molecule has 7 nitrogen and oxygen atoms in total. The summed E-state index contributed by atoms with van der Waals surface area (Å²) in [4.78, 5) is 16.5. The molecular formula is C9H8ClN5O2. The van der Waals surface area contributed by atoms with E-state index in [0.717, 1.165) is 0 Å². The number of aryl methyl sites for hydroxylation is 1. The minimum absolute atomic E-state index is 0.139. The highest BCUT2D eigenvalue weighted by molar-refractivity contribution is 6.31. The van der Waals surface area contributed by atoms with E-state index in [9.17, 15) is 10.1 Å². The molecule has 0 aliphatic heterocycles. The lowest BCUT2D eigenvalue weighted by atomic mass is 10.2. The molecule has 0 N–H and O–H groups in total. The fourth-order valence-corrected chi connectivity index (χ4v) is 1.39. The lowest BCUT2D eigenvalue weighted by molar-refractivity contribution is -0.385. The second-order valence-corrected chi connectivity index (χ2v) is 3.40. The number of azide groups is 1. The number of nitro groups is 1. The first kappa shape index (κ1) is 13.0. The normalized spacial score (nSPS) is 10.2. The highest BCUT2D eigenvalue weighted by Gasteiger charge is 2.15. The van der Waals surface area contributed by atoms with Crippen LogP contribution in [0.3, 0.4) is 0 Å². The second kappa shape index (κ2) is 5.83. The third-order valence-electron chi connectivity index (χ3n) is 1.93. The standard InChI is InChI=1S/C9H8ClN5O2/c1-6-7(3-2-4-12-14-11)5-8(15(16)17)9(10)13-6/h2-3,5H,4H2,1H3. The molecule has 1 aromatic rings. The molecule has 0 saturated carbocycles. The first-order valence-electron chi connectivity index (χ1n) is 4.55. The van der Waals surface area contributed by atoms with Crippen molar-refractivity contribution in [2.75, 3.05) is 6.54 Å². The van der Waals surface area contributed by atoms with E-state index in [4.69, 9.17) is 17.1 Å². The third-order valence-corrected chi connectivity index (χ3v) is 2.21. The first-order chi connectivity index (χ1) is 8.06. The van der Waals surface area contributed by atoms with Gasteiger partial charge in [-0.3, -0.25) is 10.1 Å². The van der Waals surface area contributed by atoms with Crippen molar-refractivity contribution in [1.82, 2.24) is 4.98 Å². The Morgan fingerprint density at radius 1 is 1.76 bits per heavy atom. The summed E-state index contributed by atoms with van der Waals surface area (Å²) in [5.41, 5.74) is 8.96. The molecule has 0 fully saturated rings. The highest BCUT2D eigenvalue weighted by Crippen LogP contribution is 2.25. The van der Waals surface area contributed by atoms with Crippen molar-refractivity contribution in [3.63, 3.8) is 0 Å². The van der Waals surface area contributed by atoms with E-state index < -0.39 is 4.92 Å². The molecule has 1 heterocycles. The smallest absolute Gasteiger partial charge is 0.258 e. The lowest BCUT2D eigenvalue weighted by Crippen LogP contribution is -1.95. The monoisotopic (exact) mass is 253 g/mol. The van der Waals surface area contributed by atoms with Crippen LogP contribution in [0.4, 0.5) is 5.69 Å². The summed E-state index contributed by atoms with van der Waals surface area (Å²) < 4.78 is 0. The zero-order chi connectivity index (χ0) is 12.8. The van der Waals surface area contributed by atoms with Crippen LogP contribution in [0, 0.1) is 17.0 Å². The average Bonchev–Trinajstić information content (AvgIpc) is 2.26. The Labute approximate surface area is 102 Å². The molecular weight excluding hydrogens is 246 g/mol. The number of pyridine rings is 1. The quantitative estimate of drug-likeness (QED) is 0.205. The second-order valence-electron chi connectivity index (χ2n) is 3.05. The summed E-state index contributed by atoms with van der Waals surface area (Å²) in [5, 5.41) is 13.8. The van der Waals surface area contributed by atoms with Gasteiger partial charge >= 0.3 is 5.69 Å². The number of rotatable bonds is 4. The molecule has 0 amide bonds. The van der Waals surface area contributed by atoms with Crippen LogP contribution in [-0.2, 0) is 0 Å². The van der Waals surface area contributed by atoms with E-state index in [2.05, 4.69) is 15.0 Å². The highest BCUT2D eigenvalue weighted by atomic mass is 35.5. The lowest BCUT2D eigenvalue weighted by Gasteiger charge is -2.01. The Kier molecular flexibility index (Phi) is 4.45. The fraction of sp³-hybridized carbons (Fsp3) is 0.222. The Morgan fingerprint density at radius 3 is 3.06 bits per heavy atom. The van der Waals surface area contributed by atoms with Crippen LogP contribution in [0.15, 0.2) is 17.3 Å². The summed E-state index contributed by atoms with van der Waals surface area (Å²) in [6.07, 6.45) is 3.18. The van der Waals surface area contributed by atoms with Gasteiger partial charge in [0.05, 0.1) is 4.92 Å². The molecule has 0 aliphatic carbocycles. The van der Waals surface area contributed by atoms with Crippen LogP contribution >= 0.6 is 11.6 Å². The van der Waals surface area contributed by atoms with E-state index in [1.54, 1.807) is 19.1 Å². The van der Waals surface area contributed by atoms with Gasteiger partial charge in [-0.25, -0.2) is 4.98 Å². The van der Waals surface area contributed by atoms with Gasteiger partial charge in [0.1, 0.15) is 0 Å². The Balaban J connectivity index is 3.07. The van der Waals surface area contributed by atoms with Gasteiger partial charge in [-0.15, -0.1) is 0 Å². The number of halogens is 1. The SMILES string of the molecule is Cc1nc(Cl)c([N+](=O)[O-])cc1C=CCN=[N+]=[N-]. The largest absolute Gasteiger partial charge is 0.307 e. The molecule has 0 radical (unpaired) electrons. The van der Waals surface area contributed by atoms with Crippen molar-refractivity contribution in [3.8, 4) is 0 Å². The molecule has 0 aliphatic rings. The van der Waals surface area contributed by atoms with Gasteiger partial charge in [-0.05, 0) is 12.5 Å². The maximum Gasteiger partial charge on any atom is 0.307 e. The van der Waals surface area contributed by atoms with Crippen LogP contribution in [0.1, 0.15) is 11.3 Å². The molecule has 0 saturated heterocycles. The molecule has 0 unspecified atom stereocenters. The molecule has 1 rings (SSSR count). The van der Waals surface area contributed by atoms with Crippen molar-refractivity contribution >= 4 is 23.4 Å². The van der Waals surface area contributed by atoms with Crippen LogP contribution < -0.4 is 0 Å². The molecule has 8 heteroatoms. The topological polar surface area (TPSA) is 105 Å². The first-order valence-corrected chi connectivity index (χ1v) is 4.93. The predicted molar refractivity (Wildman–Crippen MR) is 63.7 cm³/mol. The molecule has 1 aromatic heterocycles. The van der Waals surface area contributed by atoms with Crippen molar-refractivity contribution in [1.29, 1.82) is 0 Å². The Bertz CT molecular complexity index is 522. The van der Waals surface area contributed by atoms with E-state index in [0.29, 0.717) is 11.3 Å². The van der Waals surface area contributed by atoms with Crippen LogP contribution in [0.2, 0.25) is 5.15 Å². The van der Waals surface area contributed by atoms with E-state index in [1.165, 1.54) is 6.07 Å². The van der Waals surface area contributed by atoms with Crippen molar-refractivity contribution in [2.45, 2.75) is 6.92 Å². The van der Waals surface area contributed by atoms with Gasteiger partial charge in [-0.2, -0.15) is 0 Å². The average molecular weight is 254 g/mol. The predicted octanol–water partition coefficient (Wildman–Crippen LogP) is 3.28. The molecule has 0 bridgehead atoms. The summed E-state index contributed by atoms with van der Waals surface area (Å²) in [5.74, 6) is 0. The van der Waals surface area contributed by atoms with Crippen LogP contribution in [-0.4, -0.2) is 16.5 Å². The van der Waals surface area contributed by atoms with Gasteiger partial charge in [0.25, 0.3) is 0 Å². The minimum atomic E-state index is -0.598. The zero-order valence-electron chi connectivity index (χ0n) is 8.87.